The number of carbonyl (C=O) groups excluding carboxylic acids is 1. The number of carbonyl (C=O) groups is 1. The second-order valence-corrected chi connectivity index (χ2v) is 8.05. The number of nitrogens with zero attached hydrogens (tertiary/aromatic N) is 5. The van der Waals surface area contributed by atoms with Crippen molar-refractivity contribution in [1.82, 2.24) is 25.0 Å². The lowest BCUT2D eigenvalue weighted by Gasteiger charge is -2.24. The van der Waals surface area contributed by atoms with E-state index in [1.807, 2.05) is 25.7 Å². The Hall–Kier alpha value is -2.61. The fourth-order valence-electron chi connectivity index (χ4n) is 3.85. The number of aryl methyl sites for hydroxylation is 4. The van der Waals surface area contributed by atoms with Crippen LogP contribution in [-0.4, -0.2) is 43.5 Å². The Morgan fingerprint density at radius 1 is 1.29 bits per heavy atom. The van der Waals surface area contributed by atoms with Gasteiger partial charge < -0.3 is 9.42 Å². The molecule has 0 saturated carbocycles. The average molecular weight is 398 g/mol. The maximum atomic E-state index is 12.9. The normalized spacial score (nSPS) is 16.7. The molecule has 0 N–H and O–H groups in total. The first kappa shape index (κ1) is 18.7. The molecule has 4 rings (SSSR count). The molecule has 1 fully saturated rings. The van der Waals surface area contributed by atoms with E-state index in [0.29, 0.717) is 0 Å². The van der Waals surface area contributed by atoms with E-state index < -0.39 is 0 Å². The second kappa shape index (κ2) is 7.79. The van der Waals surface area contributed by atoms with Crippen molar-refractivity contribution in [3.63, 3.8) is 0 Å². The van der Waals surface area contributed by atoms with Gasteiger partial charge in [0.1, 0.15) is 10.6 Å². The first-order valence-corrected chi connectivity index (χ1v) is 10.4. The minimum absolute atomic E-state index is 0.109. The van der Waals surface area contributed by atoms with E-state index in [1.54, 1.807) is 17.9 Å². The Labute approximate surface area is 167 Å². The van der Waals surface area contributed by atoms with Crippen LogP contribution in [-0.2, 0) is 6.42 Å². The van der Waals surface area contributed by atoms with Gasteiger partial charge in [-0.2, -0.15) is 0 Å². The fourth-order valence-corrected chi connectivity index (χ4v) is 4.61. The molecule has 28 heavy (non-hydrogen) atoms. The molecule has 1 atom stereocenters. The molecule has 1 aliphatic heterocycles. The highest BCUT2D eigenvalue weighted by atomic mass is 32.1. The van der Waals surface area contributed by atoms with E-state index in [9.17, 15) is 4.79 Å². The van der Waals surface area contributed by atoms with E-state index in [2.05, 4.69) is 15.1 Å². The third-order valence-corrected chi connectivity index (χ3v) is 6.20. The van der Waals surface area contributed by atoms with Crippen molar-refractivity contribution in [2.24, 2.45) is 0 Å². The molecule has 146 valence electrons. The summed E-state index contributed by atoms with van der Waals surface area (Å²) >= 11 is 1.42. The summed E-state index contributed by atoms with van der Waals surface area (Å²) in [6.07, 6.45) is 7.27. The summed E-state index contributed by atoms with van der Waals surface area (Å²) in [4.78, 5) is 29.0. The zero-order chi connectivity index (χ0) is 19.7. The number of hydrogen-bond donors (Lipinski definition) is 0. The smallest absolute Gasteiger partial charge is 0.266 e. The Kier molecular flexibility index (Phi) is 5.21. The first-order valence-electron chi connectivity index (χ1n) is 9.50. The SMILES string of the molecule is Cc1ncsc1C(=O)N1CCC[C@@H]1CCc1cncc(-c2c(C)noc2C)n1. The molecule has 0 bridgehead atoms. The minimum Gasteiger partial charge on any atom is -0.361 e. The van der Waals surface area contributed by atoms with Crippen LogP contribution in [0.4, 0.5) is 0 Å². The third-order valence-electron chi connectivity index (χ3n) is 5.29. The fraction of sp³-hybridized carbons (Fsp3) is 0.450. The maximum absolute atomic E-state index is 12.9. The molecule has 1 aliphatic rings. The van der Waals surface area contributed by atoms with Crippen molar-refractivity contribution < 1.29 is 9.32 Å². The Morgan fingerprint density at radius 2 is 2.14 bits per heavy atom. The molecule has 0 aromatic carbocycles. The highest BCUT2D eigenvalue weighted by Crippen LogP contribution is 2.27. The van der Waals surface area contributed by atoms with Crippen LogP contribution >= 0.6 is 11.3 Å². The van der Waals surface area contributed by atoms with Crippen LogP contribution in [0.2, 0.25) is 0 Å². The van der Waals surface area contributed by atoms with Crippen LogP contribution in [0, 0.1) is 20.8 Å². The van der Waals surface area contributed by atoms with Crippen LogP contribution < -0.4 is 0 Å². The summed E-state index contributed by atoms with van der Waals surface area (Å²) in [7, 11) is 0. The van der Waals surface area contributed by atoms with Gasteiger partial charge in [0, 0.05) is 18.8 Å². The molecule has 8 heteroatoms. The number of likely N-dealkylation sites (tertiary alicyclic amines) is 1. The largest absolute Gasteiger partial charge is 0.361 e. The number of amides is 1. The van der Waals surface area contributed by atoms with E-state index in [0.717, 1.165) is 71.2 Å². The summed E-state index contributed by atoms with van der Waals surface area (Å²) in [6.45, 7) is 6.49. The van der Waals surface area contributed by atoms with Gasteiger partial charge in [-0.3, -0.25) is 9.78 Å². The zero-order valence-corrected chi connectivity index (χ0v) is 17.1. The van der Waals surface area contributed by atoms with Crippen LogP contribution in [0.3, 0.4) is 0 Å². The van der Waals surface area contributed by atoms with Gasteiger partial charge in [-0.05, 0) is 46.5 Å². The lowest BCUT2D eigenvalue weighted by molar-refractivity contribution is 0.0734. The summed E-state index contributed by atoms with van der Waals surface area (Å²) in [5.41, 5.74) is 5.99. The molecule has 3 aromatic heterocycles. The molecule has 0 radical (unpaired) electrons. The van der Waals surface area contributed by atoms with E-state index >= 15 is 0 Å². The quantitative estimate of drug-likeness (QED) is 0.652. The summed E-state index contributed by atoms with van der Waals surface area (Å²) < 4.78 is 5.25. The van der Waals surface area contributed by atoms with Gasteiger partial charge in [0.25, 0.3) is 5.91 Å². The number of thiazole rings is 1. The first-order chi connectivity index (χ1) is 13.5. The van der Waals surface area contributed by atoms with Gasteiger partial charge in [-0.1, -0.05) is 5.16 Å². The van der Waals surface area contributed by atoms with Crippen LogP contribution in [0.25, 0.3) is 11.3 Å². The van der Waals surface area contributed by atoms with Crippen LogP contribution in [0.15, 0.2) is 22.4 Å². The highest BCUT2D eigenvalue weighted by Gasteiger charge is 2.30. The second-order valence-electron chi connectivity index (χ2n) is 7.19. The monoisotopic (exact) mass is 397 g/mol. The van der Waals surface area contributed by atoms with Crippen molar-refractivity contribution in [3.8, 4) is 11.3 Å². The predicted octanol–water partition coefficient (Wildman–Crippen LogP) is 3.75. The zero-order valence-electron chi connectivity index (χ0n) is 16.3. The molecule has 0 spiro atoms. The highest BCUT2D eigenvalue weighted by molar-refractivity contribution is 7.11. The Morgan fingerprint density at radius 3 is 2.86 bits per heavy atom. The van der Waals surface area contributed by atoms with Crippen LogP contribution in [0.1, 0.15) is 51.8 Å². The van der Waals surface area contributed by atoms with Gasteiger partial charge in [0.15, 0.2) is 0 Å². The molecular weight excluding hydrogens is 374 g/mol. The van der Waals surface area contributed by atoms with Gasteiger partial charge in [0.05, 0.1) is 40.0 Å². The van der Waals surface area contributed by atoms with E-state index in [4.69, 9.17) is 9.51 Å². The summed E-state index contributed by atoms with van der Waals surface area (Å²) in [5, 5.41) is 4.00. The van der Waals surface area contributed by atoms with Crippen LogP contribution in [0.5, 0.6) is 0 Å². The molecule has 4 heterocycles. The number of rotatable bonds is 5. The van der Waals surface area contributed by atoms with Crippen molar-refractivity contribution >= 4 is 17.2 Å². The summed E-state index contributed by atoms with van der Waals surface area (Å²) in [5.74, 6) is 0.856. The topological polar surface area (TPSA) is 85.0 Å². The van der Waals surface area contributed by atoms with E-state index in [1.165, 1.54) is 11.3 Å². The van der Waals surface area contributed by atoms with Gasteiger partial charge in [-0.15, -0.1) is 11.3 Å². The standard InChI is InChI=1S/C20H23N5O2S/c1-12-18(14(3)27-24-12)17-10-21-9-15(23-17)6-7-16-5-4-8-25(16)20(26)19-13(2)22-11-28-19/h9-11,16H,4-8H2,1-3H3/t16-/m1/s1. The van der Waals surface area contributed by atoms with Crippen molar-refractivity contribution in [2.75, 3.05) is 6.54 Å². The summed E-state index contributed by atoms with van der Waals surface area (Å²) in [6, 6.07) is 0.235. The number of aromatic nitrogens is 4. The average Bonchev–Trinajstić information content (AvgIpc) is 3.40. The molecule has 7 nitrogen and oxygen atoms in total. The Balaban J connectivity index is 1.46. The Bertz CT molecular complexity index is 977. The van der Waals surface area contributed by atoms with Crippen molar-refractivity contribution in [3.05, 3.63) is 45.6 Å². The lowest BCUT2D eigenvalue weighted by atomic mass is 10.1. The van der Waals surface area contributed by atoms with Gasteiger partial charge >= 0.3 is 0 Å². The van der Waals surface area contributed by atoms with Crippen molar-refractivity contribution in [2.45, 2.75) is 52.5 Å². The lowest BCUT2D eigenvalue weighted by Crippen LogP contribution is -2.35. The predicted molar refractivity (Wildman–Crippen MR) is 106 cm³/mol. The maximum Gasteiger partial charge on any atom is 0.266 e. The van der Waals surface area contributed by atoms with Crippen molar-refractivity contribution in [1.29, 1.82) is 0 Å². The molecule has 0 aliphatic carbocycles. The minimum atomic E-state index is 0.109. The molecule has 1 amide bonds. The molecule has 3 aromatic rings. The molecule has 0 unspecified atom stereocenters. The molecule has 1 saturated heterocycles. The molecular formula is C20H23N5O2S. The van der Waals surface area contributed by atoms with Gasteiger partial charge in [0.2, 0.25) is 0 Å². The van der Waals surface area contributed by atoms with Gasteiger partial charge in [-0.25, -0.2) is 9.97 Å². The van der Waals surface area contributed by atoms with E-state index in [-0.39, 0.29) is 11.9 Å². The number of hydrogen-bond acceptors (Lipinski definition) is 7. The third kappa shape index (κ3) is 3.56.